The fourth-order valence-corrected chi connectivity index (χ4v) is 2.58. The van der Waals surface area contributed by atoms with Gasteiger partial charge in [-0.1, -0.05) is 56.3 Å². The highest BCUT2D eigenvalue weighted by Crippen LogP contribution is 2.31. The summed E-state index contributed by atoms with van der Waals surface area (Å²) in [5, 5.41) is 0. The molecule has 2 aromatic carbocycles. The molecule has 0 heterocycles. The zero-order valence-corrected chi connectivity index (χ0v) is 12.0. The summed E-state index contributed by atoms with van der Waals surface area (Å²) in [5.74, 6) is 0.601. The summed E-state index contributed by atoms with van der Waals surface area (Å²) in [4.78, 5) is 11.3. The predicted molar refractivity (Wildman–Crippen MR) is 80.7 cm³/mol. The van der Waals surface area contributed by atoms with Crippen LogP contribution in [0.15, 0.2) is 42.5 Å². The van der Waals surface area contributed by atoms with Crippen molar-refractivity contribution in [1.29, 1.82) is 0 Å². The van der Waals surface area contributed by atoms with E-state index in [-0.39, 0.29) is 5.78 Å². The molecule has 0 N–H and O–H groups in total. The molecular weight excluding hydrogens is 232 g/mol. The molecule has 2 aromatic rings. The van der Waals surface area contributed by atoms with Gasteiger partial charge in [0.15, 0.2) is 5.78 Å². The second-order valence-electron chi connectivity index (χ2n) is 5.32. The first-order valence-corrected chi connectivity index (χ1v) is 6.71. The van der Waals surface area contributed by atoms with Crippen LogP contribution >= 0.6 is 0 Å². The zero-order valence-electron chi connectivity index (χ0n) is 12.0. The average molecular weight is 252 g/mol. The van der Waals surface area contributed by atoms with Gasteiger partial charge in [-0.2, -0.15) is 0 Å². The highest BCUT2D eigenvalue weighted by molar-refractivity contribution is 5.94. The van der Waals surface area contributed by atoms with Crippen molar-refractivity contribution in [2.75, 3.05) is 0 Å². The van der Waals surface area contributed by atoms with Gasteiger partial charge in [0.05, 0.1) is 0 Å². The van der Waals surface area contributed by atoms with Gasteiger partial charge in [-0.05, 0) is 42.0 Å². The van der Waals surface area contributed by atoms with Crippen molar-refractivity contribution in [2.24, 2.45) is 0 Å². The molecule has 0 unspecified atom stereocenters. The number of carbonyl (C=O) groups is 1. The third kappa shape index (κ3) is 2.76. The molecule has 2 rings (SSSR count). The van der Waals surface area contributed by atoms with Gasteiger partial charge < -0.3 is 0 Å². The van der Waals surface area contributed by atoms with E-state index in [1.54, 1.807) is 6.92 Å². The van der Waals surface area contributed by atoms with Crippen LogP contribution in [0.4, 0.5) is 0 Å². The highest BCUT2D eigenvalue weighted by atomic mass is 16.1. The predicted octanol–water partition coefficient (Wildman–Crippen LogP) is 4.99. The Morgan fingerprint density at radius 2 is 1.63 bits per heavy atom. The van der Waals surface area contributed by atoms with Crippen LogP contribution in [0.1, 0.15) is 48.2 Å². The lowest BCUT2D eigenvalue weighted by Gasteiger charge is -2.16. The summed E-state index contributed by atoms with van der Waals surface area (Å²) in [6.07, 6.45) is 0. The molecule has 0 saturated heterocycles. The molecule has 1 nitrogen and oxygen atoms in total. The van der Waals surface area contributed by atoms with Crippen LogP contribution in [0.2, 0.25) is 0 Å². The van der Waals surface area contributed by atoms with Gasteiger partial charge in [-0.15, -0.1) is 0 Å². The quantitative estimate of drug-likeness (QED) is 0.703. The molecule has 0 fully saturated rings. The van der Waals surface area contributed by atoms with E-state index in [2.05, 4.69) is 39.0 Å². The topological polar surface area (TPSA) is 17.1 Å². The van der Waals surface area contributed by atoms with Crippen LogP contribution in [0.5, 0.6) is 0 Å². The van der Waals surface area contributed by atoms with E-state index in [9.17, 15) is 4.79 Å². The molecule has 0 bridgehead atoms. The first kappa shape index (κ1) is 13.5. The number of hydrogen-bond donors (Lipinski definition) is 0. The molecule has 0 saturated carbocycles. The van der Waals surface area contributed by atoms with Gasteiger partial charge in [0, 0.05) is 5.56 Å². The molecule has 0 aliphatic carbocycles. The lowest BCUT2D eigenvalue weighted by Crippen LogP contribution is -1.97. The third-order valence-corrected chi connectivity index (χ3v) is 3.50. The maximum Gasteiger partial charge on any atom is 0.159 e. The van der Waals surface area contributed by atoms with E-state index in [0.717, 1.165) is 5.56 Å². The smallest absolute Gasteiger partial charge is 0.159 e. The van der Waals surface area contributed by atoms with Gasteiger partial charge in [-0.3, -0.25) is 4.79 Å². The Balaban J connectivity index is 2.53. The van der Waals surface area contributed by atoms with E-state index >= 15 is 0 Å². The molecule has 0 spiro atoms. The molecule has 0 aromatic heterocycles. The third-order valence-electron chi connectivity index (χ3n) is 3.50. The summed E-state index contributed by atoms with van der Waals surface area (Å²) in [6, 6.07) is 14.3. The monoisotopic (exact) mass is 252 g/mol. The summed E-state index contributed by atoms with van der Waals surface area (Å²) < 4.78 is 0. The SMILES string of the molecule is CC(=O)c1ccc(-c2cccc(C)c2C(C)C)cc1. The second-order valence-corrected chi connectivity index (χ2v) is 5.32. The maximum atomic E-state index is 11.3. The van der Waals surface area contributed by atoms with Crippen LogP contribution in [-0.4, -0.2) is 5.78 Å². The summed E-state index contributed by atoms with van der Waals surface area (Å²) in [5.41, 5.74) is 5.92. The van der Waals surface area contributed by atoms with Crippen LogP contribution < -0.4 is 0 Å². The van der Waals surface area contributed by atoms with Crippen molar-refractivity contribution in [2.45, 2.75) is 33.6 Å². The molecule has 98 valence electrons. The molecular formula is C18H20O. The normalized spacial score (nSPS) is 10.8. The Labute approximate surface area is 115 Å². The number of hydrogen-bond acceptors (Lipinski definition) is 1. The van der Waals surface area contributed by atoms with Crippen molar-refractivity contribution < 1.29 is 4.79 Å². The molecule has 0 aliphatic heterocycles. The minimum atomic E-state index is 0.111. The molecule has 19 heavy (non-hydrogen) atoms. The van der Waals surface area contributed by atoms with E-state index in [4.69, 9.17) is 0 Å². The highest BCUT2D eigenvalue weighted by Gasteiger charge is 2.11. The Bertz CT molecular complexity index is 592. The Morgan fingerprint density at radius 3 is 2.16 bits per heavy atom. The Kier molecular flexibility index (Phi) is 3.84. The number of aryl methyl sites for hydroxylation is 1. The lowest BCUT2D eigenvalue weighted by molar-refractivity contribution is 0.101. The number of rotatable bonds is 3. The number of Topliss-reactive ketones (excluding diaryl/α,β-unsaturated/α-hetero) is 1. The van der Waals surface area contributed by atoms with E-state index < -0.39 is 0 Å². The zero-order chi connectivity index (χ0) is 14.0. The summed E-state index contributed by atoms with van der Waals surface area (Å²) >= 11 is 0. The largest absolute Gasteiger partial charge is 0.295 e. The van der Waals surface area contributed by atoms with Crippen molar-refractivity contribution in [3.05, 3.63) is 59.2 Å². The minimum absolute atomic E-state index is 0.111. The Hall–Kier alpha value is -1.89. The van der Waals surface area contributed by atoms with Gasteiger partial charge in [0.2, 0.25) is 0 Å². The Morgan fingerprint density at radius 1 is 1.00 bits per heavy atom. The maximum absolute atomic E-state index is 11.3. The molecule has 0 atom stereocenters. The molecule has 1 heteroatoms. The fraction of sp³-hybridized carbons (Fsp3) is 0.278. The van der Waals surface area contributed by atoms with Gasteiger partial charge in [0.25, 0.3) is 0 Å². The van der Waals surface area contributed by atoms with Crippen molar-refractivity contribution in [3.8, 4) is 11.1 Å². The van der Waals surface area contributed by atoms with Crippen LogP contribution in [0.25, 0.3) is 11.1 Å². The lowest BCUT2D eigenvalue weighted by atomic mass is 9.89. The standard InChI is InChI=1S/C18H20O/c1-12(2)18-13(3)6-5-7-17(18)16-10-8-15(9-11-16)14(4)19/h5-12H,1-4H3. The van der Waals surface area contributed by atoms with Gasteiger partial charge in [-0.25, -0.2) is 0 Å². The first-order valence-electron chi connectivity index (χ1n) is 6.71. The van der Waals surface area contributed by atoms with E-state index in [1.165, 1.54) is 22.3 Å². The van der Waals surface area contributed by atoms with Crippen molar-refractivity contribution >= 4 is 5.78 Å². The first-order chi connectivity index (χ1) is 9.00. The number of benzene rings is 2. The average Bonchev–Trinajstić information content (AvgIpc) is 2.38. The van der Waals surface area contributed by atoms with Gasteiger partial charge in [0.1, 0.15) is 0 Å². The van der Waals surface area contributed by atoms with Crippen molar-refractivity contribution in [3.63, 3.8) is 0 Å². The summed E-state index contributed by atoms with van der Waals surface area (Å²) in [7, 11) is 0. The minimum Gasteiger partial charge on any atom is -0.295 e. The van der Waals surface area contributed by atoms with Crippen LogP contribution in [0.3, 0.4) is 0 Å². The second kappa shape index (κ2) is 5.40. The molecule has 0 radical (unpaired) electrons. The van der Waals surface area contributed by atoms with E-state index in [1.807, 2.05) is 24.3 Å². The molecule has 0 amide bonds. The van der Waals surface area contributed by atoms with E-state index in [0.29, 0.717) is 5.92 Å². The fourth-order valence-electron chi connectivity index (χ4n) is 2.58. The van der Waals surface area contributed by atoms with Crippen molar-refractivity contribution in [1.82, 2.24) is 0 Å². The summed E-state index contributed by atoms with van der Waals surface area (Å²) in [6.45, 7) is 8.19. The van der Waals surface area contributed by atoms with Gasteiger partial charge >= 0.3 is 0 Å². The molecule has 0 aliphatic rings. The number of carbonyl (C=O) groups excluding carboxylic acids is 1. The van der Waals surface area contributed by atoms with Crippen LogP contribution in [-0.2, 0) is 0 Å². The van der Waals surface area contributed by atoms with Crippen LogP contribution in [0, 0.1) is 6.92 Å². The number of ketones is 1.